The van der Waals surface area contributed by atoms with Gasteiger partial charge in [-0.1, -0.05) is 97.1 Å². The van der Waals surface area contributed by atoms with E-state index in [0.29, 0.717) is 25.9 Å². The van der Waals surface area contributed by atoms with E-state index in [0.717, 1.165) is 22.4 Å². The number of hydrogen-bond donors (Lipinski definition) is 1. The molecule has 2 atom stereocenters. The minimum Gasteiger partial charge on any atom is -0.445 e. The minimum absolute atomic E-state index is 0.000989. The first kappa shape index (κ1) is 28.1. The summed E-state index contributed by atoms with van der Waals surface area (Å²) in [5.74, 6) is 0.0167. The van der Waals surface area contributed by atoms with Crippen LogP contribution in [0.5, 0.6) is 0 Å². The fraction of sp³-hybridized carbons (Fsp3) is 0.265. The third-order valence-corrected chi connectivity index (χ3v) is 7.58. The third kappa shape index (κ3) is 7.38. The average molecular weight is 549 g/mol. The van der Waals surface area contributed by atoms with Gasteiger partial charge in [0.1, 0.15) is 6.61 Å². The maximum Gasteiger partial charge on any atom is 0.411 e. The van der Waals surface area contributed by atoms with Gasteiger partial charge in [-0.3, -0.25) is 20.0 Å². The van der Waals surface area contributed by atoms with Crippen molar-refractivity contribution in [2.45, 2.75) is 37.6 Å². The Morgan fingerprint density at radius 1 is 0.927 bits per heavy atom. The molecule has 1 aliphatic heterocycles. The molecular weight excluding hydrogens is 512 g/mol. The number of nitrogens with zero attached hydrogens (tertiary/aromatic N) is 3. The van der Waals surface area contributed by atoms with Crippen molar-refractivity contribution in [3.8, 4) is 0 Å². The summed E-state index contributed by atoms with van der Waals surface area (Å²) in [6.07, 6.45) is 1.90. The highest BCUT2D eigenvalue weighted by atomic mass is 16.6. The molecule has 0 saturated carbocycles. The van der Waals surface area contributed by atoms with E-state index in [1.165, 1.54) is 0 Å². The normalized spacial score (nSPS) is 17.2. The lowest BCUT2D eigenvalue weighted by molar-refractivity contribution is -0.132. The van der Waals surface area contributed by atoms with E-state index in [2.05, 4.69) is 34.6 Å². The Labute approximate surface area is 241 Å². The van der Waals surface area contributed by atoms with E-state index in [-0.39, 0.29) is 24.6 Å². The molecule has 3 aromatic carbocycles. The highest BCUT2D eigenvalue weighted by Gasteiger charge is 2.35. The molecule has 1 aromatic heterocycles. The van der Waals surface area contributed by atoms with Gasteiger partial charge in [-0.15, -0.1) is 0 Å². The van der Waals surface area contributed by atoms with Crippen molar-refractivity contribution in [3.63, 3.8) is 0 Å². The number of amides is 2. The van der Waals surface area contributed by atoms with Crippen LogP contribution < -0.4 is 5.32 Å². The fourth-order valence-electron chi connectivity index (χ4n) is 5.30. The maximum atomic E-state index is 14.1. The quantitative estimate of drug-likeness (QED) is 0.310. The molecule has 5 rings (SSSR count). The fourth-order valence-corrected chi connectivity index (χ4v) is 5.30. The van der Waals surface area contributed by atoms with Gasteiger partial charge < -0.3 is 9.64 Å². The maximum absolute atomic E-state index is 14.1. The molecule has 1 aliphatic rings. The topological polar surface area (TPSA) is 74.8 Å². The van der Waals surface area contributed by atoms with E-state index in [9.17, 15) is 9.59 Å². The number of pyridine rings is 1. The number of carbonyl (C=O) groups is 2. The smallest absolute Gasteiger partial charge is 0.411 e. The first-order chi connectivity index (χ1) is 20.1. The van der Waals surface area contributed by atoms with Crippen LogP contribution in [0.3, 0.4) is 0 Å². The van der Waals surface area contributed by atoms with E-state index in [4.69, 9.17) is 4.74 Å². The predicted octanol–water partition coefficient (Wildman–Crippen LogP) is 5.24. The second-order valence-electron chi connectivity index (χ2n) is 10.4. The van der Waals surface area contributed by atoms with Gasteiger partial charge in [0.05, 0.1) is 12.2 Å². The first-order valence-electron chi connectivity index (χ1n) is 14.1. The third-order valence-electron chi connectivity index (χ3n) is 7.58. The number of rotatable bonds is 9. The Hall–Kier alpha value is -4.49. The summed E-state index contributed by atoms with van der Waals surface area (Å²) in [6.45, 7) is 1.22. The molecule has 1 fully saturated rings. The van der Waals surface area contributed by atoms with Crippen LogP contribution in [0, 0.1) is 0 Å². The zero-order valence-electron chi connectivity index (χ0n) is 23.3. The lowest BCUT2D eigenvalue weighted by Crippen LogP contribution is -2.53. The zero-order chi connectivity index (χ0) is 28.4. The molecule has 1 N–H and O–H groups in total. The molecule has 210 valence electrons. The Kier molecular flexibility index (Phi) is 9.39. The largest absolute Gasteiger partial charge is 0.445 e. The van der Waals surface area contributed by atoms with Crippen LogP contribution in [-0.2, 0) is 22.6 Å². The second-order valence-corrected chi connectivity index (χ2v) is 10.4. The Morgan fingerprint density at radius 2 is 1.54 bits per heavy atom. The van der Waals surface area contributed by atoms with E-state index in [1.54, 1.807) is 18.1 Å². The molecule has 7 heteroatoms. The zero-order valence-corrected chi connectivity index (χ0v) is 23.3. The summed E-state index contributed by atoms with van der Waals surface area (Å²) in [4.78, 5) is 35.1. The van der Waals surface area contributed by atoms with Gasteiger partial charge in [0, 0.05) is 44.4 Å². The molecule has 41 heavy (non-hydrogen) atoms. The van der Waals surface area contributed by atoms with Crippen molar-refractivity contribution >= 4 is 12.0 Å². The second kappa shape index (κ2) is 13.7. The number of ether oxygens (including phenoxy) is 1. The number of hydrogen-bond acceptors (Lipinski definition) is 5. The van der Waals surface area contributed by atoms with E-state index >= 15 is 0 Å². The first-order valence-corrected chi connectivity index (χ1v) is 14.1. The Bertz CT molecular complexity index is 1350. The molecule has 0 bridgehead atoms. The predicted molar refractivity (Wildman–Crippen MR) is 159 cm³/mol. The molecule has 1 saturated heterocycles. The van der Waals surface area contributed by atoms with Gasteiger partial charge in [0.2, 0.25) is 5.91 Å². The van der Waals surface area contributed by atoms with E-state index in [1.807, 2.05) is 89.8 Å². The summed E-state index contributed by atoms with van der Waals surface area (Å²) in [6, 6.07) is 35.4. The lowest BCUT2D eigenvalue weighted by atomic mass is 9.90. The van der Waals surface area contributed by atoms with Crippen LogP contribution in [0.4, 0.5) is 4.79 Å². The van der Waals surface area contributed by atoms with Gasteiger partial charge in [-0.2, -0.15) is 0 Å². The summed E-state index contributed by atoms with van der Waals surface area (Å²) in [5, 5.41) is 3.47. The van der Waals surface area contributed by atoms with Gasteiger partial charge in [0.15, 0.2) is 0 Å². The number of nitrogens with one attached hydrogen (secondary N) is 1. The summed E-state index contributed by atoms with van der Waals surface area (Å²) in [7, 11) is 1.72. The summed E-state index contributed by atoms with van der Waals surface area (Å²) < 4.78 is 5.61. The monoisotopic (exact) mass is 548 g/mol. The Balaban J connectivity index is 1.37. The van der Waals surface area contributed by atoms with Crippen molar-refractivity contribution in [3.05, 3.63) is 138 Å². The van der Waals surface area contributed by atoms with Gasteiger partial charge in [-0.25, -0.2) is 4.79 Å². The van der Waals surface area contributed by atoms with Gasteiger partial charge in [0.25, 0.3) is 0 Å². The highest BCUT2D eigenvalue weighted by Crippen LogP contribution is 2.27. The average Bonchev–Trinajstić information content (AvgIpc) is 3.18. The van der Waals surface area contributed by atoms with Gasteiger partial charge >= 0.3 is 6.09 Å². The minimum atomic E-state index is -0.547. The number of aromatic nitrogens is 1. The molecule has 0 unspecified atom stereocenters. The van der Waals surface area contributed by atoms with Crippen molar-refractivity contribution in [2.24, 2.45) is 0 Å². The van der Waals surface area contributed by atoms with Crippen LogP contribution in [0.25, 0.3) is 0 Å². The number of benzene rings is 3. The molecule has 2 heterocycles. The van der Waals surface area contributed by atoms with E-state index < -0.39 is 12.1 Å². The van der Waals surface area contributed by atoms with Crippen LogP contribution in [0.1, 0.15) is 34.7 Å². The van der Waals surface area contributed by atoms with Crippen LogP contribution in [0.2, 0.25) is 0 Å². The van der Waals surface area contributed by atoms with Crippen molar-refractivity contribution in [1.29, 1.82) is 0 Å². The van der Waals surface area contributed by atoms with Crippen molar-refractivity contribution < 1.29 is 14.3 Å². The van der Waals surface area contributed by atoms with Crippen molar-refractivity contribution in [1.82, 2.24) is 20.1 Å². The lowest BCUT2D eigenvalue weighted by Gasteiger charge is -2.29. The molecule has 0 aliphatic carbocycles. The number of carbonyl (C=O) groups excluding carboxylic acids is 2. The summed E-state index contributed by atoms with van der Waals surface area (Å²) in [5.41, 5.74) is 4.05. The molecule has 7 nitrogen and oxygen atoms in total. The standard InChI is InChI=1S/C34H36N4O3/c1-37(34(40)41-25-26-13-5-2-6-14-26)32-20-22-38(33(39)31(36-32)23-29-19-11-12-21-35-29)24-30(27-15-7-3-8-16-27)28-17-9-4-10-18-28/h2-19,21,30-32,36H,20,22-25H2,1H3/t31-,32-/m0/s1. The van der Waals surface area contributed by atoms with Crippen LogP contribution in [0.15, 0.2) is 115 Å². The molecule has 0 spiro atoms. The van der Waals surface area contributed by atoms with Gasteiger partial charge in [-0.05, 0) is 35.2 Å². The van der Waals surface area contributed by atoms with Crippen LogP contribution in [-0.4, -0.2) is 59.1 Å². The summed E-state index contributed by atoms with van der Waals surface area (Å²) >= 11 is 0. The molecule has 4 aromatic rings. The van der Waals surface area contributed by atoms with Crippen molar-refractivity contribution in [2.75, 3.05) is 20.1 Å². The molecular formula is C34H36N4O3. The SMILES string of the molecule is CN(C(=O)OCc1ccccc1)[C@H]1CCN(CC(c2ccccc2)c2ccccc2)C(=O)[C@H](Cc2ccccn2)N1. The highest BCUT2D eigenvalue weighted by molar-refractivity contribution is 5.83. The molecule has 2 amide bonds. The Morgan fingerprint density at radius 3 is 2.15 bits per heavy atom. The van der Waals surface area contributed by atoms with Crippen LogP contribution >= 0.6 is 0 Å². The molecule has 0 radical (unpaired) electrons.